The monoisotopic (exact) mass is 638 g/mol. The van der Waals surface area contributed by atoms with Crippen LogP contribution in [-0.2, 0) is 14.2 Å². The number of aliphatic hydroxyl groups excluding tert-OH is 6. The fourth-order valence-electron chi connectivity index (χ4n) is 5.10. The largest absolute Gasteiger partial charge is 0.507 e. The molecule has 3 heterocycles. The second kappa shape index (κ2) is 13.0. The predicted octanol–water partition coefficient (Wildman–Crippen LogP) is -1.08. The lowest BCUT2D eigenvalue weighted by atomic mass is 9.98. The smallest absolute Gasteiger partial charge is 0.239 e. The summed E-state index contributed by atoms with van der Waals surface area (Å²) in [6, 6.07) is 6.50. The molecule has 0 amide bonds. The molecular formula is C29H34O16. The minimum atomic E-state index is -1.92. The number of fused-ring (bicyclic) bond motifs is 1. The van der Waals surface area contributed by atoms with Gasteiger partial charge in [-0.05, 0) is 25.1 Å². The molecule has 0 radical (unpaired) electrons. The van der Waals surface area contributed by atoms with E-state index in [-0.39, 0.29) is 39.5 Å². The van der Waals surface area contributed by atoms with Gasteiger partial charge in [0.1, 0.15) is 65.2 Å². The summed E-state index contributed by atoms with van der Waals surface area (Å²) in [6.45, 7) is 0.868. The van der Waals surface area contributed by atoms with Crippen molar-refractivity contribution in [3.05, 3.63) is 40.6 Å². The number of aliphatic hydroxyl groups is 6. The minimum Gasteiger partial charge on any atom is -0.507 e. The lowest BCUT2D eigenvalue weighted by molar-refractivity contribution is -0.318. The van der Waals surface area contributed by atoms with Gasteiger partial charge >= 0.3 is 0 Å². The molecule has 1 aromatic heterocycles. The van der Waals surface area contributed by atoms with Crippen molar-refractivity contribution in [3.63, 3.8) is 0 Å². The highest BCUT2D eigenvalue weighted by Gasteiger charge is 2.47. The summed E-state index contributed by atoms with van der Waals surface area (Å²) < 4.78 is 38.7. The third-order valence-corrected chi connectivity index (χ3v) is 7.72. The zero-order chi connectivity index (χ0) is 32.7. The molecule has 246 valence electrons. The molecule has 5 rings (SSSR count). The summed E-state index contributed by atoms with van der Waals surface area (Å²) in [5.74, 6) is -1.39. The highest BCUT2D eigenvalue weighted by molar-refractivity contribution is 5.88. The fraction of sp³-hybridized carbons (Fsp3) is 0.483. The van der Waals surface area contributed by atoms with E-state index in [0.717, 1.165) is 0 Å². The number of ether oxygens (including phenoxy) is 6. The molecule has 2 aromatic carbocycles. The van der Waals surface area contributed by atoms with E-state index >= 15 is 0 Å². The Morgan fingerprint density at radius 3 is 2.16 bits per heavy atom. The van der Waals surface area contributed by atoms with Gasteiger partial charge in [0.15, 0.2) is 23.5 Å². The third-order valence-electron chi connectivity index (χ3n) is 7.72. The number of phenolic OH excluding ortho intramolecular Hbond substituents is 2. The molecule has 8 N–H and O–H groups in total. The molecule has 2 aliphatic rings. The fourth-order valence-corrected chi connectivity index (χ4v) is 5.10. The van der Waals surface area contributed by atoms with Crippen LogP contribution < -0.4 is 19.6 Å². The quantitative estimate of drug-likeness (QED) is 0.146. The van der Waals surface area contributed by atoms with Gasteiger partial charge in [0, 0.05) is 17.7 Å². The van der Waals surface area contributed by atoms with Gasteiger partial charge in [-0.2, -0.15) is 0 Å². The van der Waals surface area contributed by atoms with Crippen molar-refractivity contribution in [2.45, 2.75) is 68.3 Å². The van der Waals surface area contributed by atoms with E-state index in [9.17, 15) is 45.6 Å². The van der Waals surface area contributed by atoms with Crippen LogP contribution in [0.4, 0.5) is 0 Å². The highest BCUT2D eigenvalue weighted by Crippen LogP contribution is 2.40. The number of hydrogen-bond acceptors (Lipinski definition) is 16. The first kappa shape index (κ1) is 32.7. The zero-order valence-electron chi connectivity index (χ0n) is 24.2. The Balaban J connectivity index is 1.50. The maximum atomic E-state index is 13.8. The van der Waals surface area contributed by atoms with E-state index in [1.54, 1.807) is 0 Å². The van der Waals surface area contributed by atoms with Crippen molar-refractivity contribution < 1.29 is 73.7 Å². The summed E-state index contributed by atoms with van der Waals surface area (Å²) in [7, 11) is 2.65. The van der Waals surface area contributed by atoms with E-state index in [2.05, 4.69) is 0 Å². The Bertz CT molecular complexity index is 1570. The Labute approximate surface area is 254 Å². The molecule has 0 spiro atoms. The summed E-state index contributed by atoms with van der Waals surface area (Å²) in [6.07, 6.45) is -15.9. The van der Waals surface area contributed by atoms with Gasteiger partial charge in [0.05, 0.1) is 26.9 Å². The Morgan fingerprint density at radius 1 is 0.778 bits per heavy atom. The first-order valence-electron chi connectivity index (χ1n) is 13.8. The number of hydrogen-bond donors (Lipinski definition) is 8. The third kappa shape index (κ3) is 6.11. The van der Waals surface area contributed by atoms with Crippen LogP contribution in [0.1, 0.15) is 6.92 Å². The molecule has 2 fully saturated rings. The molecule has 10 atom stereocenters. The Morgan fingerprint density at radius 2 is 1.47 bits per heavy atom. The maximum absolute atomic E-state index is 13.8. The van der Waals surface area contributed by atoms with Gasteiger partial charge in [-0.25, -0.2) is 0 Å². The van der Waals surface area contributed by atoms with Crippen LogP contribution in [0.15, 0.2) is 39.5 Å². The molecule has 2 aliphatic heterocycles. The maximum Gasteiger partial charge on any atom is 0.239 e. The average molecular weight is 639 g/mol. The molecule has 16 heteroatoms. The van der Waals surface area contributed by atoms with Gasteiger partial charge in [-0.15, -0.1) is 0 Å². The van der Waals surface area contributed by atoms with Gasteiger partial charge in [0.2, 0.25) is 17.5 Å². The number of methoxy groups -OCH3 is 2. The summed E-state index contributed by atoms with van der Waals surface area (Å²) in [5.41, 5.74) is -0.862. The van der Waals surface area contributed by atoms with Gasteiger partial charge in [-0.3, -0.25) is 4.79 Å². The first-order chi connectivity index (χ1) is 21.4. The second-order valence-corrected chi connectivity index (χ2v) is 10.6. The lowest BCUT2D eigenvalue weighted by Crippen LogP contribution is -2.61. The molecule has 0 aliphatic carbocycles. The van der Waals surface area contributed by atoms with E-state index in [0.29, 0.717) is 0 Å². The number of benzene rings is 2. The van der Waals surface area contributed by atoms with E-state index in [1.807, 2.05) is 0 Å². The van der Waals surface area contributed by atoms with Crippen LogP contribution in [0.5, 0.6) is 28.7 Å². The van der Waals surface area contributed by atoms with Crippen LogP contribution in [0.3, 0.4) is 0 Å². The van der Waals surface area contributed by atoms with Crippen molar-refractivity contribution in [2.24, 2.45) is 0 Å². The topological polar surface area (TPSA) is 247 Å². The minimum absolute atomic E-state index is 0.0125. The van der Waals surface area contributed by atoms with Crippen molar-refractivity contribution in [3.8, 4) is 40.1 Å². The van der Waals surface area contributed by atoms with Crippen LogP contribution in [0, 0.1) is 0 Å². The van der Waals surface area contributed by atoms with Crippen molar-refractivity contribution >= 4 is 11.0 Å². The molecule has 0 unspecified atom stereocenters. The average Bonchev–Trinajstić information content (AvgIpc) is 3.02. The Hall–Kier alpha value is -3.71. The van der Waals surface area contributed by atoms with Crippen LogP contribution in [0.25, 0.3) is 22.3 Å². The van der Waals surface area contributed by atoms with E-state index < -0.39 is 84.9 Å². The Kier molecular flexibility index (Phi) is 9.41. The molecule has 0 bridgehead atoms. The predicted molar refractivity (Wildman–Crippen MR) is 150 cm³/mol. The molecule has 2 saturated heterocycles. The lowest BCUT2D eigenvalue weighted by Gasteiger charge is -2.42. The van der Waals surface area contributed by atoms with E-state index in [1.165, 1.54) is 51.5 Å². The van der Waals surface area contributed by atoms with Crippen LogP contribution >= 0.6 is 0 Å². The van der Waals surface area contributed by atoms with Gasteiger partial charge < -0.3 is 73.7 Å². The summed E-state index contributed by atoms with van der Waals surface area (Å²) in [5, 5.41) is 82.6. The molecular weight excluding hydrogens is 604 g/mol. The van der Waals surface area contributed by atoms with Crippen LogP contribution in [-0.4, -0.2) is 123 Å². The normalized spacial score (nSPS) is 31.9. The second-order valence-electron chi connectivity index (χ2n) is 10.6. The van der Waals surface area contributed by atoms with Crippen molar-refractivity contribution in [1.82, 2.24) is 0 Å². The SMILES string of the molecule is COc1cc(O)c2c(=O)c(O[C@@H]3O[C@H](CO[C@H]4O[C@@H](C)[C@H](O)[C@@H](O)[C@H]4O)[C@@H](O)[C@H](O)[C@H]3O)c(-c3ccc(O)c(OC)c3)oc2c1. The summed E-state index contributed by atoms with van der Waals surface area (Å²) >= 11 is 0. The zero-order valence-corrected chi connectivity index (χ0v) is 24.2. The summed E-state index contributed by atoms with van der Waals surface area (Å²) in [4.78, 5) is 13.8. The number of phenols is 2. The standard InChI is InChI=1S/C29H34O16/c1-10-19(32)22(35)24(37)28(42-10)41-9-17-20(33)23(36)25(38)29(44-17)45-27-21(34)18-14(31)7-12(39-2)8-16(18)43-26(27)11-4-5-13(30)15(6-11)40-3/h4-8,10,17,19-20,22-25,28-33,35-38H,9H2,1-3H3/t10-,17+,19-,20+,22+,23-,24+,25+,28-,29-/m0/s1. The first-order valence-corrected chi connectivity index (χ1v) is 13.8. The van der Waals surface area contributed by atoms with Crippen molar-refractivity contribution in [2.75, 3.05) is 20.8 Å². The molecule has 16 nitrogen and oxygen atoms in total. The molecule has 0 saturated carbocycles. The number of rotatable bonds is 8. The van der Waals surface area contributed by atoms with E-state index in [4.69, 9.17) is 32.8 Å². The van der Waals surface area contributed by atoms with Gasteiger partial charge in [0.25, 0.3) is 0 Å². The highest BCUT2D eigenvalue weighted by atomic mass is 16.7. The molecule has 45 heavy (non-hydrogen) atoms. The van der Waals surface area contributed by atoms with Crippen molar-refractivity contribution in [1.29, 1.82) is 0 Å². The molecule has 3 aromatic rings. The van der Waals surface area contributed by atoms with Gasteiger partial charge in [-0.1, -0.05) is 0 Å². The number of aromatic hydroxyl groups is 2. The van der Waals surface area contributed by atoms with Crippen LogP contribution in [0.2, 0.25) is 0 Å².